The molecule has 0 bridgehead atoms. The van der Waals surface area contributed by atoms with Crippen LogP contribution in [-0.4, -0.2) is 26.0 Å². The van der Waals surface area contributed by atoms with Crippen molar-refractivity contribution in [2.75, 3.05) is 0 Å². The molecule has 1 aromatic heterocycles. The van der Waals surface area contributed by atoms with Crippen LogP contribution in [0.15, 0.2) is 48.5 Å². The van der Waals surface area contributed by atoms with Crippen LogP contribution >= 0.6 is 0 Å². The van der Waals surface area contributed by atoms with Gasteiger partial charge in [0, 0.05) is 11.1 Å². The van der Waals surface area contributed by atoms with Crippen LogP contribution in [-0.2, 0) is 6.54 Å². The number of carbonyl (C=O) groups is 1. The van der Waals surface area contributed by atoms with Gasteiger partial charge in [0.1, 0.15) is 6.54 Å². The van der Waals surface area contributed by atoms with Crippen molar-refractivity contribution in [1.29, 1.82) is 0 Å². The number of aromatic nitrogens is 4. The Labute approximate surface area is 147 Å². The Bertz CT molecular complexity index is 850. The SMILES string of the molecule is CC[C@@H](C)c1ccc(C(=O)Cn2nnc(-c3ccc(C)cc3)n2)cc1. The molecule has 0 saturated carbocycles. The van der Waals surface area contributed by atoms with E-state index in [9.17, 15) is 4.79 Å². The lowest BCUT2D eigenvalue weighted by molar-refractivity contribution is 0.0961. The third-order valence-corrected chi connectivity index (χ3v) is 4.46. The van der Waals surface area contributed by atoms with Crippen LogP contribution in [0.25, 0.3) is 11.4 Å². The molecule has 0 aliphatic carbocycles. The summed E-state index contributed by atoms with van der Waals surface area (Å²) < 4.78 is 0. The fourth-order valence-electron chi connectivity index (χ4n) is 2.58. The first-order chi connectivity index (χ1) is 12.1. The van der Waals surface area contributed by atoms with E-state index in [1.165, 1.54) is 15.9 Å². The van der Waals surface area contributed by atoms with Gasteiger partial charge in [0.15, 0.2) is 5.78 Å². The van der Waals surface area contributed by atoms with Gasteiger partial charge in [-0.2, -0.15) is 4.80 Å². The quantitative estimate of drug-likeness (QED) is 0.638. The lowest BCUT2D eigenvalue weighted by Crippen LogP contribution is -2.13. The first-order valence-corrected chi connectivity index (χ1v) is 8.55. The van der Waals surface area contributed by atoms with Gasteiger partial charge in [0.2, 0.25) is 5.82 Å². The van der Waals surface area contributed by atoms with Crippen molar-refractivity contribution in [3.05, 3.63) is 65.2 Å². The molecule has 128 valence electrons. The molecule has 3 aromatic rings. The highest BCUT2D eigenvalue weighted by Crippen LogP contribution is 2.19. The van der Waals surface area contributed by atoms with Crippen molar-refractivity contribution in [3.8, 4) is 11.4 Å². The minimum absolute atomic E-state index is 0.0245. The molecule has 0 unspecified atom stereocenters. The summed E-state index contributed by atoms with van der Waals surface area (Å²) in [4.78, 5) is 13.8. The highest BCUT2D eigenvalue weighted by molar-refractivity contribution is 5.95. The van der Waals surface area contributed by atoms with Gasteiger partial charge in [-0.05, 0) is 30.0 Å². The van der Waals surface area contributed by atoms with Crippen LogP contribution in [0.1, 0.15) is 47.7 Å². The molecule has 0 aliphatic heterocycles. The summed E-state index contributed by atoms with van der Waals surface area (Å²) >= 11 is 0. The predicted molar refractivity (Wildman–Crippen MR) is 97.5 cm³/mol. The summed E-state index contributed by atoms with van der Waals surface area (Å²) in [6, 6.07) is 15.7. The molecule has 0 spiro atoms. The highest BCUT2D eigenvalue weighted by atomic mass is 16.1. The van der Waals surface area contributed by atoms with E-state index in [2.05, 4.69) is 29.3 Å². The average molecular weight is 334 g/mol. The van der Waals surface area contributed by atoms with E-state index in [-0.39, 0.29) is 12.3 Å². The van der Waals surface area contributed by atoms with Crippen molar-refractivity contribution >= 4 is 5.78 Å². The Morgan fingerprint density at radius 3 is 2.40 bits per heavy atom. The van der Waals surface area contributed by atoms with E-state index in [0.29, 0.717) is 17.3 Å². The van der Waals surface area contributed by atoms with Gasteiger partial charge in [-0.1, -0.05) is 67.9 Å². The number of nitrogens with zero attached hydrogens (tertiary/aromatic N) is 4. The Morgan fingerprint density at radius 1 is 1.08 bits per heavy atom. The van der Waals surface area contributed by atoms with Crippen LogP contribution in [0.5, 0.6) is 0 Å². The number of aryl methyl sites for hydroxylation is 1. The average Bonchev–Trinajstić information content (AvgIpc) is 3.10. The molecule has 0 saturated heterocycles. The standard InChI is InChI=1S/C20H22N4O/c1-4-15(3)16-9-11-17(12-10-16)19(25)13-24-22-20(21-23-24)18-7-5-14(2)6-8-18/h5-12,15H,4,13H2,1-3H3/t15-/m1/s1. The normalized spacial score (nSPS) is 12.1. The summed E-state index contributed by atoms with van der Waals surface area (Å²) in [6.45, 7) is 6.45. The zero-order valence-electron chi connectivity index (χ0n) is 14.8. The maximum atomic E-state index is 12.4. The van der Waals surface area contributed by atoms with Gasteiger partial charge in [-0.3, -0.25) is 4.79 Å². The van der Waals surface area contributed by atoms with Crippen molar-refractivity contribution in [3.63, 3.8) is 0 Å². The maximum absolute atomic E-state index is 12.4. The Kier molecular flexibility index (Phi) is 5.03. The lowest BCUT2D eigenvalue weighted by Gasteiger charge is -2.09. The number of ketones is 1. The van der Waals surface area contributed by atoms with Crippen molar-refractivity contribution in [2.24, 2.45) is 0 Å². The van der Waals surface area contributed by atoms with Crippen LogP contribution in [0.4, 0.5) is 0 Å². The van der Waals surface area contributed by atoms with Gasteiger partial charge in [-0.25, -0.2) is 0 Å². The number of rotatable bonds is 6. The zero-order chi connectivity index (χ0) is 17.8. The van der Waals surface area contributed by atoms with Gasteiger partial charge in [-0.15, -0.1) is 10.2 Å². The number of Topliss-reactive ketones (excluding diaryl/α,β-unsaturated/α-hetero) is 1. The molecule has 1 heterocycles. The fourth-order valence-corrected chi connectivity index (χ4v) is 2.58. The molecule has 0 fully saturated rings. The van der Waals surface area contributed by atoms with Crippen molar-refractivity contribution in [1.82, 2.24) is 20.2 Å². The molecular weight excluding hydrogens is 312 g/mol. The largest absolute Gasteiger partial charge is 0.292 e. The molecular formula is C20H22N4O. The molecule has 1 atom stereocenters. The lowest BCUT2D eigenvalue weighted by atomic mass is 9.97. The summed E-state index contributed by atoms with van der Waals surface area (Å²) in [5, 5.41) is 12.3. The fraction of sp³-hybridized carbons (Fsp3) is 0.300. The molecule has 0 radical (unpaired) electrons. The number of benzene rings is 2. The number of carbonyl (C=O) groups excluding carboxylic acids is 1. The van der Waals surface area contributed by atoms with E-state index in [0.717, 1.165) is 12.0 Å². The molecule has 5 nitrogen and oxygen atoms in total. The number of hydrogen-bond acceptors (Lipinski definition) is 4. The van der Waals surface area contributed by atoms with Crippen molar-refractivity contribution in [2.45, 2.75) is 39.7 Å². The van der Waals surface area contributed by atoms with E-state index in [4.69, 9.17) is 0 Å². The molecule has 5 heteroatoms. The predicted octanol–water partition coefficient (Wildman–Crippen LogP) is 4.04. The molecule has 25 heavy (non-hydrogen) atoms. The third kappa shape index (κ3) is 3.99. The maximum Gasteiger partial charge on any atom is 0.204 e. The monoisotopic (exact) mass is 334 g/mol. The number of tetrazole rings is 1. The van der Waals surface area contributed by atoms with Gasteiger partial charge in [0.25, 0.3) is 0 Å². The van der Waals surface area contributed by atoms with E-state index >= 15 is 0 Å². The second-order valence-electron chi connectivity index (χ2n) is 6.36. The second-order valence-corrected chi connectivity index (χ2v) is 6.36. The summed E-state index contributed by atoms with van der Waals surface area (Å²) in [5.74, 6) is 1.00. The molecule has 0 aliphatic rings. The summed E-state index contributed by atoms with van der Waals surface area (Å²) in [7, 11) is 0. The minimum Gasteiger partial charge on any atom is -0.292 e. The Balaban J connectivity index is 1.70. The third-order valence-electron chi connectivity index (χ3n) is 4.46. The summed E-state index contributed by atoms with van der Waals surface area (Å²) in [6.07, 6.45) is 1.08. The van der Waals surface area contributed by atoms with Gasteiger partial charge >= 0.3 is 0 Å². The van der Waals surface area contributed by atoms with Gasteiger partial charge < -0.3 is 0 Å². The van der Waals surface area contributed by atoms with Crippen LogP contribution < -0.4 is 0 Å². The van der Waals surface area contributed by atoms with Crippen molar-refractivity contribution < 1.29 is 4.79 Å². The van der Waals surface area contributed by atoms with Gasteiger partial charge in [0.05, 0.1) is 0 Å². The van der Waals surface area contributed by atoms with E-state index in [1.807, 2.05) is 55.5 Å². The Morgan fingerprint density at radius 2 is 1.76 bits per heavy atom. The van der Waals surface area contributed by atoms with E-state index in [1.54, 1.807) is 0 Å². The smallest absolute Gasteiger partial charge is 0.204 e. The Hall–Kier alpha value is -2.82. The van der Waals surface area contributed by atoms with Crippen LogP contribution in [0.3, 0.4) is 0 Å². The topological polar surface area (TPSA) is 60.7 Å². The van der Waals surface area contributed by atoms with E-state index < -0.39 is 0 Å². The molecule has 2 aromatic carbocycles. The minimum atomic E-state index is -0.0245. The highest BCUT2D eigenvalue weighted by Gasteiger charge is 2.12. The second kappa shape index (κ2) is 7.38. The zero-order valence-corrected chi connectivity index (χ0v) is 14.8. The molecule has 0 N–H and O–H groups in total. The summed E-state index contributed by atoms with van der Waals surface area (Å²) in [5.41, 5.74) is 3.98. The van der Waals surface area contributed by atoms with Crippen LogP contribution in [0.2, 0.25) is 0 Å². The molecule has 3 rings (SSSR count). The first-order valence-electron chi connectivity index (χ1n) is 8.55. The first kappa shape index (κ1) is 17.0. The number of hydrogen-bond donors (Lipinski definition) is 0. The van der Waals surface area contributed by atoms with Crippen LogP contribution in [0, 0.1) is 6.92 Å². The molecule has 0 amide bonds.